The molecule has 1 aromatic heterocycles. The highest BCUT2D eigenvalue weighted by atomic mass is 16.5. The van der Waals surface area contributed by atoms with Crippen LogP contribution in [-0.4, -0.2) is 53.8 Å². The third-order valence-electron chi connectivity index (χ3n) is 3.78. The number of morpholine rings is 1. The van der Waals surface area contributed by atoms with Crippen LogP contribution >= 0.6 is 0 Å². The van der Waals surface area contributed by atoms with E-state index >= 15 is 0 Å². The molecule has 0 radical (unpaired) electrons. The number of fused-ring (bicyclic) bond motifs is 1. The van der Waals surface area contributed by atoms with Crippen LogP contribution in [0.5, 0.6) is 0 Å². The summed E-state index contributed by atoms with van der Waals surface area (Å²) < 4.78 is 5.33. The van der Waals surface area contributed by atoms with E-state index in [9.17, 15) is 4.79 Å². The van der Waals surface area contributed by atoms with Crippen LogP contribution in [0.3, 0.4) is 0 Å². The first-order valence-corrected chi connectivity index (χ1v) is 7.15. The summed E-state index contributed by atoms with van der Waals surface area (Å²) in [7, 11) is 0. The molecule has 0 aliphatic carbocycles. The van der Waals surface area contributed by atoms with Gasteiger partial charge in [0.05, 0.1) is 24.3 Å². The summed E-state index contributed by atoms with van der Waals surface area (Å²) in [6.45, 7) is 4.56. The van der Waals surface area contributed by atoms with Crippen molar-refractivity contribution in [2.45, 2.75) is 6.42 Å². The van der Waals surface area contributed by atoms with E-state index in [0.717, 1.165) is 55.9 Å². The van der Waals surface area contributed by atoms with Gasteiger partial charge >= 0.3 is 5.97 Å². The Morgan fingerprint density at radius 2 is 2.05 bits per heavy atom. The van der Waals surface area contributed by atoms with Crippen molar-refractivity contribution >= 4 is 16.9 Å². The molecular formula is C16H18N2O3. The molecular weight excluding hydrogens is 268 g/mol. The van der Waals surface area contributed by atoms with Crippen molar-refractivity contribution in [3.8, 4) is 0 Å². The normalized spacial score (nSPS) is 16.2. The molecule has 21 heavy (non-hydrogen) atoms. The summed E-state index contributed by atoms with van der Waals surface area (Å²) in [5, 5.41) is 9.86. The smallest absolute Gasteiger partial charge is 0.335 e. The number of carboxylic acid groups (broad SMARTS) is 1. The van der Waals surface area contributed by atoms with Crippen molar-refractivity contribution in [1.29, 1.82) is 0 Å². The van der Waals surface area contributed by atoms with E-state index in [1.807, 2.05) is 12.1 Å². The lowest BCUT2D eigenvalue weighted by Crippen LogP contribution is -2.37. The average molecular weight is 286 g/mol. The molecule has 1 N–H and O–H groups in total. The maximum atomic E-state index is 11.0. The minimum absolute atomic E-state index is 0.297. The Labute approximate surface area is 123 Å². The highest BCUT2D eigenvalue weighted by Gasteiger charge is 2.10. The third kappa shape index (κ3) is 3.37. The van der Waals surface area contributed by atoms with Crippen LogP contribution in [0.1, 0.15) is 16.1 Å². The second-order valence-corrected chi connectivity index (χ2v) is 5.22. The van der Waals surface area contributed by atoms with Crippen LogP contribution in [0.2, 0.25) is 0 Å². The van der Waals surface area contributed by atoms with Gasteiger partial charge in [-0.05, 0) is 24.3 Å². The Morgan fingerprint density at radius 3 is 2.81 bits per heavy atom. The largest absolute Gasteiger partial charge is 0.478 e. The summed E-state index contributed by atoms with van der Waals surface area (Å²) >= 11 is 0. The molecule has 1 aliphatic rings. The number of hydrogen-bond donors (Lipinski definition) is 1. The molecule has 0 spiro atoms. The Morgan fingerprint density at radius 1 is 1.24 bits per heavy atom. The van der Waals surface area contributed by atoms with E-state index in [1.165, 1.54) is 0 Å². The SMILES string of the molecule is O=C(O)c1ccc2nc(CCN3CCOCC3)ccc2c1. The fourth-order valence-corrected chi connectivity index (χ4v) is 2.54. The number of nitrogens with zero attached hydrogens (tertiary/aromatic N) is 2. The number of aromatic nitrogens is 1. The molecule has 0 bridgehead atoms. The number of aromatic carboxylic acids is 1. The van der Waals surface area contributed by atoms with Gasteiger partial charge in [-0.15, -0.1) is 0 Å². The van der Waals surface area contributed by atoms with Crippen LogP contribution in [0.25, 0.3) is 10.9 Å². The van der Waals surface area contributed by atoms with Gasteiger partial charge in [-0.1, -0.05) is 6.07 Å². The predicted octanol–water partition coefficient (Wildman–Crippen LogP) is 1.81. The Balaban J connectivity index is 1.71. The van der Waals surface area contributed by atoms with Crippen molar-refractivity contribution in [1.82, 2.24) is 9.88 Å². The highest BCUT2D eigenvalue weighted by molar-refractivity contribution is 5.93. The second kappa shape index (κ2) is 6.20. The molecule has 5 nitrogen and oxygen atoms in total. The predicted molar refractivity (Wildman–Crippen MR) is 79.7 cm³/mol. The minimum atomic E-state index is -0.909. The second-order valence-electron chi connectivity index (χ2n) is 5.22. The van der Waals surface area contributed by atoms with E-state index in [-0.39, 0.29) is 0 Å². The first-order valence-electron chi connectivity index (χ1n) is 7.15. The molecule has 2 aromatic rings. The molecule has 110 valence electrons. The third-order valence-corrected chi connectivity index (χ3v) is 3.78. The summed E-state index contributed by atoms with van der Waals surface area (Å²) in [5.41, 5.74) is 2.18. The van der Waals surface area contributed by atoms with Crippen LogP contribution in [-0.2, 0) is 11.2 Å². The first kappa shape index (κ1) is 14.0. The number of ether oxygens (including phenoxy) is 1. The molecule has 0 amide bonds. The summed E-state index contributed by atoms with van der Waals surface area (Å²) in [6.07, 6.45) is 0.899. The molecule has 3 rings (SSSR count). The molecule has 1 saturated heterocycles. The van der Waals surface area contributed by atoms with Crippen LogP contribution in [0.4, 0.5) is 0 Å². The molecule has 1 aliphatic heterocycles. The number of hydrogen-bond acceptors (Lipinski definition) is 4. The zero-order valence-electron chi connectivity index (χ0n) is 11.8. The lowest BCUT2D eigenvalue weighted by Gasteiger charge is -2.26. The lowest BCUT2D eigenvalue weighted by molar-refractivity contribution is 0.0383. The van der Waals surface area contributed by atoms with E-state index in [2.05, 4.69) is 9.88 Å². The van der Waals surface area contributed by atoms with Gasteiger partial charge in [0.1, 0.15) is 0 Å². The summed E-state index contributed by atoms with van der Waals surface area (Å²) in [4.78, 5) is 17.9. The fraction of sp³-hybridized carbons (Fsp3) is 0.375. The standard InChI is InChI=1S/C16H18N2O3/c19-16(20)13-2-4-15-12(11-13)1-3-14(17-15)5-6-18-7-9-21-10-8-18/h1-4,11H,5-10H2,(H,19,20). The van der Waals surface area contributed by atoms with Gasteiger partial charge in [0, 0.05) is 37.1 Å². The molecule has 5 heteroatoms. The monoisotopic (exact) mass is 286 g/mol. The zero-order valence-corrected chi connectivity index (χ0v) is 11.8. The number of carbonyl (C=O) groups is 1. The Hall–Kier alpha value is -1.98. The summed E-state index contributed by atoms with van der Waals surface area (Å²) in [5.74, 6) is -0.909. The van der Waals surface area contributed by atoms with E-state index < -0.39 is 5.97 Å². The zero-order chi connectivity index (χ0) is 14.7. The quantitative estimate of drug-likeness (QED) is 0.928. The molecule has 2 heterocycles. The molecule has 1 fully saturated rings. The van der Waals surface area contributed by atoms with Crippen molar-refractivity contribution in [3.05, 3.63) is 41.6 Å². The highest BCUT2D eigenvalue weighted by Crippen LogP contribution is 2.15. The van der Waals surface area contributed by atoms with Crippen molar-refractivity contribution in [2.24, 2.45) is 0 Å². The molecule has 0 atom stereocenters. The minimum Gasteiger partial charge on any atom is -0.478 e. The van der Waals surface area contributed by atoms with Crippen molar-refractivity contribution in [3.63, 3.8) is 0 Å². The number of pyridine rings is 1. The van der Waals surface area contributed by atoms with Gasteiger partial charge < -0.3 is 9.84 Å². The van der Waals surface area contributed by atoms with Gasteiger partial charge in [0.2, 0.25) is 0 Å². The van der Waals surface area contributed by atoms with Crippen molar-refractivity contribution < 1.29 is 14.6 Å². The maximum absolute atomic E-state index is 11.0. The van der Waals surface area contributed by atoms with Gasteiger partial charge in [-0.25, -0.2) is 4.79 Å². The Kier molecular flexibility index (Phi) is 4.13. The molecule has 1 aromatic carbocycles. The maximum Gasteiger partial charge on any atom is 0.335 e. The van der Waals surface area contributed by atoms with E-state index in [1.54, 1.807) is 18.2 Å². The number of benzene rings is 1. The van der Waals surface area contributed by atoms with Crippen LogP contribution in [0.15, 0.2) is 30.3 Å². The van der Waals surface area contributed by atoms with E-state index in [0.29, 0.717) is 5.56 Å². The number of carboxylic acids is 1. The lowest BCUT2D eigenvalue weighted by atomic mass is 10.1. The Bertz CT molecular complexity index is 651. The van der Waals surface area contributed by atoms with Gasteiger partial charge in [-0.2, -0.15) is 0 Å². The van der Waals surface area contributed by atoms with Crippen LogP contribution in [0, 0.1) is 0 Å². The van der Waals surface area contributed by atoms with Gasteiger partial charge in [0.15, 0.2) is 0 Å². The molecule has 0 unspecified atom stereocenters. The van der Waals surface area contributed by atoms with Gasteiger partial charge in [-0.3, -0.25) is 9.88 Å². The average Bonchev–Trinajstić information content (AvgIpc) is 2.53. The first-order chi connectivity index (χ1) is 10.2. The number of rotatable bonds is 4. The fourth-order valence-electron chi connectivity index (χ4n) is 2.54. The van der Waals surface area contributed by atoms with Crippen LogP contribution < -0.4 is 0 Å². The molecule has 0 saturated carbocycles. The summed E-state index contributed by atoms with van der Waals surface area (Å²) in [6, 6.07) is 8.97. The van der Waals surface area contributed by atoms with Crippen molar-refractivity contribution in [2.75, 3.05) is 32.8 Å². The van der Waals surface area contributed by atoms with E-state index in [4.69, 9.17) is 9.84 Å². The topological polar surface area (TPSA) is 62.7 Å². The van der Waals surface area contributed by atoms with Gasteiger partial charge in [0.25, 0.3) is 0 Å².